The summed E-state index contributed by atoms with van der Waals surface area (Å²) >= 11 is 11.8. The van der Waals surface area contributed by atoms with Crippen molar-refractivity contribution in [2.24, 2.45) is 0 Å². The highest BCUT2D eigenvalue weighted by molar-refractivity contribution is 6.37. The summed E-state index contributed by atoms with van der Waals surface area (Å²) in [5.41, 5.74) is 0.665. The summed E-state index contributed by atoms with van der Waals surface area (Å²) < 4.78 is 5.04. The standard InChI is InChI=1S/C15H10Cl2O4/c16-10-4-5-12(13(17)7-10)15(20)9-2-1-3-11(6-9)21-8-14(18)19/h1-7H,8H2,(H,18,19). The minimum absolute atomic E-state index is 0.254. The molecule has 1 N–H and O–H groups in total. The van der Waals surface area contributed by atoms with Crippen molar-refractivity contribution in [3.63, 3.8) is 0 Å². The molecule has 0 aromatic heterocycles. The van der Waals surface area contributed by atoms with Crippen LogP contribution in [0.1, 0.15) is 15.9 Å². The van der Waals surface area contributed by atoms with Gasteiger partial charge in [0.05, 0.1) is 5.02 Å². The molecule has 4 nitrogen and oxygen atoms in total. The Kier molecular flexibility index (Phi) is 4.83. The molecule has 0 heterocycles. The van der Waals surface area contributed by atoms with Crippen molar-refractivity contribution < 1.29 is 19.4 Å². The fraction of sp³-hybridized carbons (Fsp3) is 0.0667. The zero-order valence-electron chi connectivity index (χ0n) is 10.7. The third-order valence-electron chi connectivity index (χ3n) is 2.63. The van der Waals surface area contributed by atoms with E-state index in [1.54, 1.807) is 24.3 Å². The average Bonchev–Trinajstić information content (AvgIpc) is 2.45. The van der Waals surface area contributed by atoms with E-state index in [1.165, 1.54) is 18.2 Å². The molecule has 108 valence electrons. The van der Waals surface area contributed by atoms with Crippen LogP contribution in [-0.2, 0) is 4.79 Å². The first kappa shape index (κ1) is 15.4. The number of carbonyl (C=O) groups excluding carboxylic acids is 1. The lowest BCUT2D eigenvalue weighted by Gasteiger charge is -2.07. The number of ether oxygens (including phenoxy) is 1. The molecule has 0 radical (unpaired) electrons. The number of carboxylic acids is 1. The molecule has 0 fully saturated rings. The number of benzene rings is 2. The SMILES string of the molecule is O=C(O)COc1cccc(C(=O)c2ccc(Cl)cc2Cl)c1. The van der Waals surface area contributed by atoms with E-state index in [4.69, 9.17) is 33.0 Å². The van der Waals surface area contributed by atoms with Crippen LogP contribution in [0.5, 0.6) is 5.75 Å². The van der Waals surface area contributed by atoms with Crippen molar-refractivity contribution in [1.82, 2.24) is 0 Å². The molecule has 0 atom stereocenters. The van der Waals surface area contributed by atoms with Gasteiger partial charge in [-0.3, -0.25) is 4.79 Å². The summed E-state index contributed by atoms with van der Waals surface area (Å²) in [6, 6.07) is 10.8. The molecule has 0 aliphatic carbocycles. The summed E-state index contributed by atoms with van der Waals surface area (Å²) in [6.45, 7) is -0.473. The number of hydrogen-bond acceptors (Lipinski definition) is 3. The van der Waals surface area contributed by atoms with E-state index in [1.807, 2.05) is 0 Å². The van der Waals surface area contributed by atoms with Gasteiger partial charge in [-0.1, -0.05) is 35.3 Å². The Morgan fingerprint density at radius 3 is 2.52 bits per heavy atom. The normalized spacial score (nSPS) is 10.2. The first-order valence-electron chi connectivity index (χ1n) is 5.92. The summed E-state index contributed by atoms with van der Waals surface area (Å²) in [5, 5.41) is 9.27. The molecule has 0 amide bonds. The summed E-state index contributed by atoms with van der Waals surface area (Å²) in [6.07, 6.45) is 0. The first-order valence-corrected chi connectivity index (χ1v) is 6.67. The van der Waals surface area contributed by atoms with E-state index in [9.17, 15) is 9.59 Å². The molecular weight excluding hydrogens is 315 g/mol. The topological polar surface area (TPSA) is 63.6 Å². The van der Waals surface area contributed by atoms with E-state index < -0.39 is 12.6 Å². The molecule has 21 heavy (non-hydrogen) atoms. The van der Waals surface area contributed by atoms with Crippen LogP contribution in [0.25, 0.3) is 0 Å². The average molecular weight is 325 g/mol. The number of aliphatic carboxylic acids is 1. The Morgan fingerprint density at radius 1 is 1.10 bits per heavy atom. The highest BCUT2D eigenvalue weighted by Crippen LogP contribution is 2.24. The highest BCUT2D eigenvalue weighted by atomic mass is 35.5. The maximum absolute atomic E-state index is 12.4. The van der Waals surface area contributed by atoms with Gasteiger partial charge in [0.1, 0.15) is 5.75 Å². The van der Waals surface area contributed by atoms with Gasteiger partial charge in [0.25, 0.3) is 0 Å². The number of rotatable bonds is 5. The van der Waals surface area contributed by atoms with Crippen LogP contribution in [0.2, 0.25) is 10.0 Å². The van der Waals surface area contributed by atoms with Gasteiger partial charge in [0.15, 0.2) is 12.4 Å². The Hall–Kier alpha value is -2.04. The molecule has 0 saturated heterocycles. The van der Waals surface area contributed by atoms with Gasteiger partial charge in [0.2, 0.25) is 0 Å². The highest BCUT2D eigenvalue weighted by Gasteiger charge is 2.14. The zero-order valence-corrected chi connectivity index (χ0v) is 12.2. The third kappa shape index (κ3) is 3.97. The third-order valence-corrected chi connectivity index (χ3v) is 3.18. The predicted molar refractivity (Wildman–Crippen MR) is 79.5 cm³/mol. The number of hydrogen-bond donors (Lipinski definition) is 1. The molecule has 2 rings (SSSR count). The minimum Gasteiger partial charge on any atom is -0.482 e. The van der Waals surface area contributed by atoms with Crippen molar-refractivity contribution >= 4 is 35.0 Å². The minimum atomic E-state index is -1.09. The van der Waals surface area contributed by atoms with Crippen molar-refractivity contribution in [1.29, 1.82) is 0 Å². The molecule has 0 bridgehead atoms. The molecule has 0 saturated carbocycles. The van der Waals surface area contributed by atoms with Gasteiger partial charge < -0.3 is 9.84 Å². The van der Waals surface area contributed by atoms with Crippen LogP contribution in [0.3, 0.4) is 0 Å². The van der Waals surface area contributed by atoms with Gasteiger partial charge in [0, 0.05) is 16.1 Å². The van der Waals surface area contributed by atoms with E-state index in [-0.39, 0.29) is 10.8 Å². The second-order valence-electron chi connectivity index (χ2n) is 4.16. The van der Waals surface area contributed by atoms with Crippen molar-refractivity contribution in [2.45, 2.75) is 0 Å². The molecule has 0 unspecified atom stereocenters. The van der Waals surface area contributed by atoms with Crippen LogP contribution in [0.4, 0.5) is 0 Å². The quantitative estimate of drug-likeness (QED) is 0.852. The van der Waals surface area contributed by atoms with Gasteiger partial charge >= 0.3 is 5.97 Å². The largest absolute Gasteiger partial charge is 0.482 e. The van der Waals surface area contributed by atoms with E-state index in [2.05, 4.69) is 0 Å². The van der Waals surface area contributed by atoms with Gasteiger partial charge in [-0.05, 0) is 30.3 Å². The number of ketones is 1. The van der Waals surface area contributed by atoms with Gasteiger partial charge in [-0.2, -0.15) is 0 Å². The summed E-state index contributed by atoms with van der Waals surface area (Å²) in [7, 11) is 0. The monoisotopic (exact) mass is 324 g/mol. The molecule has 0 spiro atoms. The zero-order chi connectivity index (χ0) is 15.4. The molecule has 6 heteroatoms. The molecule has 0 aliphatic rings. The summed E-state index contributed by atoms with van der Waals surface area (Å²) in [4.78, 5) is 22.8. The second kappa shape index (κ2) is 6.61. The predicted octanol–water partition coefficient (Wildman–Crippen LogP) is 3.69. The van der Waals surface area contributed by atoms with Gasteiger partial charge in [-0.25, -0.2) is 4.79 Å². The fourth-order valence-corrected chi connectivity index (χ4v) is 2.20. The Labute approximate surface area is 130 Å². The van der Waals surface area contributed by atoms with E-state index >= 15 is 0 Å². The lowest BCUT2D eigenvalue weighted by molar-refractivity contribution is -0.139. The summed E-state index contributed by atoms with van der Waals surface area (Å²) in [5.74, 6) is -1.08. The Morgan fingerprint density at radius 2 is 1.86 bits per heavy atom. The van der Waals surface area contributed by atoms with Crippen LogP contribution in [-0.4, -0.2) is 23.5 Å². The van der Waals surface area contributed by atoms with E-state index in [0.717, 1.165) is 0 Å². The maximum Gasteiger partial charge on any atom is 0.341 e. The first-order chi connectivity index (χ1) is 9.97. The smallest absolute Gasteiger partial charge is 0.341 e. The van der Waals surface area contributed by atoms with Crippen molar-refractivity contribution in [3.8, 4) is 5.75 Å². The number of carbonyl (C=O) groups is 2. The van der Waals surface area contributed by atoms with E-state index in [0.29, 0.717) is 21.9 Å². The Balaban J connectivity index is 2.26. The second-order valence-corrected chi connectivity index (χ2v) is 5.01. The van der Waals surface area contributed by atoms with Crippen LogP contribution < -0.4 is 4.74 Å². The lowest BCUT2D eigenvalue weighted by Crippen LogP contribution is -2.10. The number of carboxylic acid groups (broad SMARTS) is 1. The molecule has 0 aliphatic heterocycles. The van der Waals surface area contributed by atoms with Gasteiger partial charge in [-0.15, -0.1) is 0 Å². The van der Waals surface area contributed by atoms with Crippen molar-refractivity contribution in [2.75, 3.05) is 6.61 Å². The van der Waals surface area contributed by atoms with Crippen LogP contribution >= 0.6 is 23.2 Å². The molecule has 2 aromatic carbocycles. The van der Waals surface area contributed by atoms with Crippen LogP contribution in [0, 0.1) is 0 Å². The Bertz CT molecular complexity index is 698. The van der Waals surface area contributed by atoms with Crippen LogP contribution in [0.15, 0.2) is 42.5 Å². The maximum atomic E-state index is 12.4. The fourth-order valence-electron chi connectivity index (χ4n) is 1.70. The lowest BCUT2D eigenvalue weighted by atomic mass is 10.0. The molecular formula is C15H10Cl2O4. The molecule has 2 aromatic rings. The number of halogens is 2. The van der Waals surface area contributed by atoms with Crippen molar-refractivity contribution in [3.05, 3.63) is 63.6 Å².